The Labute approximate surface area is 124 Å². The van der Waals surface area contributed by atoms with Crippen LogP contribution < -0.4 is 10.6 Å². The summed E-state index contributed by atoms with van der Waals surface area (Å²) in [6.07, 6.45) is 5.33. The maximum Gasteiger partial charge on any atom is 0.189 e. The Morgan fingerprint density at radius 3 is 2.70 bits per heavy atom. The number of anilines is 1. The predicted molar refractivity (Wildman–Crippen MR) is 83.6 cm³/mol. The fourth-order valence-corrected chi connectivity index (χ4v) is 2.09. The highest BCUT2D eigenvalue weighted by Gasteiger charge is 2.22. The Hall–Kier alpha value is -1.84. The summed E-state index contributed by atoms with van der Waals surface area (Å²) in [6.45, 7) is 2.52. The molecule has 2 N–H and O–H groups in total. The maximum atomic E-state index is 12.2. The van der Waals surface area contributed by atoms with E-state index >= 15 is 0 Å². The third kappa shape index (κ3) is 3.38. The van der Waals surface area contributed by atoms with Crippen LogP contribution in [0.15, 0.2) is 64.9 Å². The smallest absolute Gasteiger partial charge is 0.189 e. The van der Waals surface area contributed by atoms with Gasteiger partial charge in [-0.15, -0.1) is 0 Å². The van der Waals surface area contributed by atoms with Crippen LogP contribution in [0.3, 0.4) is 0 Å². The van der Waals surface area contributed by atoms with E-state index < -0.39 is 0 Å². The van der Waals surface area contributed by atoms with Gasteiger partial charge in [0, 0.05) is 34.6 Å². The highest BCUT2D eigenvalue weighted by Crippen LogP contribution is 2.23. The Morgan fingerprint density at radius 1 is 1.40 bits per heavy atom. The maximum absolute atomic E-state index is 12.2. The van der Waals surface area contributed by atoms with Crippen molar-refractivity contribution in [2.45, 2.75) is 6.92 Å². The topological polar surface area (TPSA) is 46.3 Å². The average molecular weight is 289 g/mol. The fourth-order valence-electron chi connectivity index (χ4n) is 2.03. The standard InChI is InChI=1S/C16H17ClN2O/c1-12(17)7-8-13-10-19(11-14(9-18)16(13)20)15-5-3-2-4-6-15/h2-8,11H,9-10,18H2,1H3/b12-7+,13-8+. The van der Waals surface area contributed by atoms with E-state index in [0.29, 0.717) is 22.7 Å². The van der Waals surface area contributed by atoms with Gasteiger partial charge in [0.1, 0.15) is 0 Å². The van der Waals surface area contributed by atoms with Crippen molar-refractivity contribution < 1.29 is 4.79 Å². The lowest BCUT2D eigenvalue weighted by molar-refractivity contribution is -0.112. The molecule has 0 bridgehead atoms. The first-order valence-corrected chi connectivity index (χ1v) is 6.79. The second-order valence-corrected chi connectivity index (χ2v) is 5.19. The number of hydrogen-bond donors (Lipinski definition) is 1. The molecule has 20 heavy (non-hydrogen) atoms. The number of halogens is 1. The van der Waals surface area contributed by atoms with Crippen molar-refractivity contribution in [1.29, 1.82) is 0 Å². The molecule has 0 fully saturated rings. The lowest BCUT2D eigenvalue weighted by Gasteiger charge is -2.27. The van der Waals surface area contributed by atoms with Crippen LogP contribution in [-0.4, -0.2) is 18.9 Å². The third-order valence-electron chi connectivity index (χ3n) is 3.06. The van der Waals surface area contributed by atoms with Crippen molar-refractivity contribution in [3.63, 3.8) is 0 Å². The van der Waals surface area contributed by atoms with Crippen LogP contribution in [-0.2, 0) is 4.79 Å². The fraction of sp³-hybridized carbons (Fsp3) is 0.188. The monoisotopic (exact) mass is 288 g/mol. The molecule has 0 radical (unpaired) electrons. The first kappa shape index (κ1) is 14.6. The molecule has 0 aromatic heterocycles. The van der Waals surface area contributed by atoms with Crippen LogP contribution >= 0.6 is 11.6 Å². The van der Waals surface area contributed by atoms with Gasteiger partial charge in [0.15, 0.2) is 5.78 Å². The van der Waals surface area contributed by atoms with Gasteiger partial charge in [-0.1, -0.05) is 35.9 Å². The molecule has 1 aliphatic rings. The van der Waals surface area contributed by atoms with Crippen LogP contribution in [0.1, 0.15) is 6.92 Å². The van der Waals surface area contributed by atoms with Gasteiger partial charge in [0.05, 0.1) is 6.54 Å². The first-order valence-electron chi connectivity index (χ1n) is 6.42. The number of nitrogens with two attached hydrogens (primary N) is 1. The van der Waals surface area contributed by atoms with Crippen LogP contribution in [0.25, 0.3) is 0 Å². The van der Waals surface area contributed by atoms with Crippen LogP contribution in [0.5, 0.6) is 0 Å². The molecule has 1 heterocycles. The number of carbonyl (C=O) groups excluding carboxylic acids is 1. The van der Waals surface area contributed by atoms with Gasteiger partial charge in [-0.2, -0.15) is 0 Å². The lowest BCUT2D eigenvalue weighted by Crippen LogP contribution is -2.32. The minimum atomic E-state index is -0.00570. The van der Waals surface area contributed by atoms with E-state index in [1.807, 2.05) is 41.4 Å². The number of carbonyl (C=O) groups is 1. The zero-order chi connectivity index (χ0) is 14.5. The van der Waals surface area contributed by atoms with Gasteiger partial charge in [-0.05, 0) is 25.1 Å². The highest BCUT2D eigenvalue weighted by atomic mass is 35.5. The first-order chi connectivity index (χ1) is 9.61. The minimum Gasteiger partial charge on any atom is -0.343 e. The molecule has 4 heteroatoms. The molecular weight excluding hydrogens is 272 g/mol. The second kappa shape index (κ2) is 6.55. The summed E-state index contributed by atoms with van der Waals surface area (Å²) < 4.78 is 0. The zero-order valence-electron chi connectivity index (χ0n) is 11.3. The highest BCUT2D eigenvalue weighted by molar-refractivity contribution is 6.29. The summed E-state index contributed by atoms with van der Waals surface area (Å²) in [7, 11) is 0. The molecule has 1 aromatic carbocycles. The number of nitrogens with zero attached hydrogens (tertiary/aromatic N) is 1. The van der Waals surface area contributed by atoms with Crippen LogP contribution in [0, 0.1) is 0 Å². The molecule has 0 saturated heterocycles. The van der Waals surface area contributed by atoms with Crippen molar-refractivity contribution >= 4 is 23.1 Å². The number of Topliss-reactive ketones (excluding diaryl/α,β-unsaturated/α-hetero) is 1. The van der Waals surface area contributed by atoms with Crippen molar-refractivity contribution in [2.75, 3.05) is 18.0 Å². The minimum absolute atomic E-state index is 0.00570. The molecule has 104 valence electrons. The van der Waals surface area contributed by atoms with Gasteiger partial charge >= 0.3 is 0 Å². The molecule has 1 aliphatic heterocycles. The number of rotatable bonds is 3. The number of para-hydroxylation sites is 1. The molecule has 0 saturated carbocycles. The second-order valence-electron chi connectivity index (χ2n) is 4.60. The molecule has 0 atom stereocenters. The van der Waals surface area contributed by atoms with Crippen molar-refractivity contribution in [3.8, 4) is 0 Å². The van der Waals surface area contributed by atoms with E-state index in [1.54, 1.807) is 19.1 Å². The molecule has 2 rings (SSSR count). The molecule has 0 spiro atoms. The number of hydrogen-bond acceptors (Lipinski definition) is 3. The predicted octanol–water partition coefficient (Wildman–Crippen LogP) is 2.99. The van der Waals surface area contributed by atoms with E-state index in [9.17, 15) is 4.79 Å². The molecule has 3 nitrogen and oxygen atoms in total. The van der Waals surface area contributed by atoms with E-state index in [0.717, 1.165) is 5.69 Å². The zero-order valence-corrected chi connectivity index (χ0v) is 12.1. The van der Waals surface area contributed by atoms with Crippen LogP contribution in [0.4, 0.5) is 5.69 Å². The summed E-state index contributed by atoms with van der Waals surface area (Å²) in [5, 5.41) is 0.639. The summed E-state index contributed by atoms with van der Waals surface area (Å²) in [4.78, 5) is 14.3. The number of ketones is 1. The summed E-state index contributed by atoms with van der Waals surface area (Å²) >= 11 is 5.82. The Balaban J connectivity index is 2.37. The Kier molecular flexibility index (Phi) is 4.77. The normalized spacial score (nSPS) is 18.4. The largest absolute Gasteiger partial charge is 0.343 e. The van der Waals surface area contributed by atoms with Crippen molar-refractivity contribution in [2.24, 2.45) is 5.73 Å². The summed E-state index contributed by atoms with van der Waals surface area (Å²) in [6, 6.07) is 9.89. The van der Waals surface area contributed by atoms with E-state index in [4.69, 9.17) is 17.3 Å². The van der Waals surface area contributed by atoms with E-state index in [-0.39, 0.29) is 12.3 Å². The summed E-state index contributed by atoms with van der Waals surface area (Å²) in [5.41, 5.74) is 7.99. The van der Waals surface area contributed by atoms with Gasteiger partial charge in [-0.3, -0.25) is 4.79 Å². The molecular formula is C16H17ClN2O. The molecule has 0 amide bonds. The quantitative estimate of drug-likeness (QED) is 0.870. The molecule has 0 aliphatic carbocycles. The summed E-state index contributed by atoms with van der Waals surface area (Å²) in [5.74, 6) is -0.00570. The molecule has 1 aromatic rings. The van der Waals surface area contributed by atoms with Gasteiger partial charge in [0.25, 0.3) is 0 Å². The average Bonchev–Trinajstić information content (AvgIpc) is 2.47. The van der Waals surface area contributed by atoms with E-state index in [1.165, 1.54) is 0 Å². The Morgan fingerprint density at radius 2 is 2.10 bits per heavy atom. The lowest BCUT2D eigenvalue weighted by atomic mass is 9.99. The SMILES string of the molecule is C/C(Cl)=C\C=C1/CN(c2ccccc2)C=C(CN)C1=O. The van der Waals surface area contributed by atoms with Gasteiger partial charge in [0.2, 0.25) is 0 Å². The van der Waals surface area contributed by atoms with Crippen molar-refractivity contribution in [1.82, 2.24) is 0 Å². The number of benzene rings is 1. The number of allylic oxidation sites excluding steroid dienone is 3. The molecule has 0 unspecified atom stereocenters. The van der Waals surface area contributed by atoms with E-state index in [2.05, 4.69) is 0 Å². The van der Waals surface area contributed by atoms with Gasteiger partial charge in [-0.25, -0.2) is 0 Å². The van der Waals surface area contributed by atoms with Gasteiger partial charge < -0.3 is 10.6 Å². The van der Waals surface area contributed by atoms with Crippen molar-refractivity contribution in [3.05, 3.63) is 64.9 Å². The Bertz CT molecular complexity index is 584. The van der Waals surface area contributed by atoms with Crippen LogP contribution in [0.2, 0.25) is 0 Å². The third-order valence-corrected chi connectivity index (χ3v) is 3.18.